The van der Waals surface area contributed by atoms with Crippen molar-refractivity contribution in [3.8, 4) is 0 Å². The van der Waals surface area contributed by atoms with Gasteiger partial charge in [0.2, 0.25) is 0 Å². The largest absolute Gasteiger partial charge is 0.315 e. The van der Waals surface area contributed by atoms with E-state index in [1.807, 2.05) is 35.9 Å². The maximum absolute atomic E-state index is 11.5. The molecule has 0 aromatic carbocycles. The zero-order valence-corrected chi connectivity index (χ0v) is 7.11. The summed E-state index contributed by atoms with van der Waals surface area (Å²) in [6, 6.07) is 3.71. The lowest BCUT2D eigenvalue weighted by molar-refractivity contribution is 0.829. The lowest BCUT2D eigenvalue weighted by Gasteiger charge is -2.02. The lowest BCUT2D eigenvalue weighted by atomic mass is 10.4. The van der Waals surface area contributed by atoms with Crippen LogP contribution in [0.25, 0.3) is 5.52 Å². The molecule has 0 saturated carbocycles. The van der Waals surface area contributed by atoms with Crippen LogP contribution in [-0.4, -0.2) is 8.97 Å². The van der Waals surface area contributed by atoms with E-state index in [-0.39, 0.29) is 5.56 Å². The number of hydrogen-bond acceptors (Lipinski definition) is 1. The SMILES string of the molecule is Cc1cn(C)c(=O)c2cccn12. The van der Waals surface area contributed by atoms with Gasteiger partial charge < -0.3 is 8.97 Å². The summed E-state index contributed by atoms with van der Waals surface area (Å²) < 4.78 is 3.49. The second kappa shape index (κ2) is 2.24. The van der Waals surface area contributed by atoms with Crippen molar-refractivity contribution >= 4 is 5.52 Å². The number of aromatic nitrogens is 2. The summed E-state index contributed by atoms with van der Waals surface area (Å²) in [7, 11) is 1.77. The Balaban J connectivity index is 3.07. The summed E-state index contributed by atoms with van der Waals surface area (Å²) in [6.07, 6.45) is 3.72. The summed E-state index contributed by atoms with van der Waals surface area (Å²) in [5.41, 5.74) is 1.85. The van der Waals surface area contributed by atoms with E-state index in [2.05, 4.69) is 0 Å². The number of aryl methyl sites for hydroxylation is 2. The van der Waals surface area contributed by atoms with Crippen molar-refractivity contribution in [1.82, 2.24) is 8.97 Å². The van der Waals surface area contributed by atoms with Gasteiger partial charge in [-0.15, -0.1) is 0 Å². The maximum atomic E-state index is 11.5. The quantitative estimate of drug-likeness (QED) is 0.566. The summed E-state index contributed by atoms with van der Waals surface area (Å²) in [5.74, 6) is 0. The van der Waals surface area contributed by atoms with E-state index < -0.39 is 0 Å². The molecule has 0 aliphatic heterocycles. The van der Waals surface area contributed by atoms with Gasteiger partial charge >= 0.3 is 0 Å². The maximum Gasteiger partial charge on any atom is 0.274 e. The van der Waals surface area contributed by atoms with Gasteiger partial charge in [0.05, 0.1) is 0 Å². The molecule has 0 atom stereocenters. The summed E-state index contributed by atoms with van der Waals surface area (Å²) in [6.45, 7) is 1.98. The summed E-state index contributed by atoms with van der Waals surface area (Å²) >= 11 is 0. The number of rotatable bonds is 0. The molecular formula is C9H10N2O. The van der Waals surface area contributed by atoms with Gasteiger partial charge in [0.25, 0.3) is 5.56 Å². The highest BCUT2D eigenvalue weighted by atomic mass is 16.1. The molecule has 2 rings (SSSR count). The molecule has 0 unspecified atom stereocenters. The smallest absolute Gasteiger partial charge is 0.274 e. The molecule has 62 valence electrons. The number of fused-ring (bicyclic) bond motifs is 1. The summed E-state index contributed by atoms with van der Waals surface area (Å²) in [5, 5.41) is 0. The van der Waals surface area contributed by atoms with Crippen molar-refractivity contribution in [2.75, 3.05) is 0 Å². The predicted molar refractivity (Wildman–Crippen MR) is 47.4 cm³/mol. The fraction of sp³-hybridized carbons (Fsp3) is 0.222. The number of hydrogen-bond donors (Lipinski definition) is 0. The first-order valence-electron chi connectivity index (χ1n) is 3.83. The van der Waals surface area contributed by atoms with Crippen LogP contribution in [0.2, 0.25) is 0 Å². The molecule has 0 N–H and O–H groups in total. The Labute approximate surface area is 69.9 Å². The molecule has 3 nitrogen and oxygen atoms in total. The zero-order valence-electron chi connectivity index (χ0n) is 7.11. The predicted octanol–water partition coefficient (Wildman–Crippen LogP) is 0.946. The van der Waals surface area contributed by atoms with E-state index >= 15 is 0 Å². The van der Waals surface area contributed by atoms with Gasteiger partial charge in [-0.3, -0.25) is 4.79 Å². The molecule has 0 aliphatic carbocycles. The van der Waals surface area contributed by atoms with Crippen LogP contribution in [0.1, 0.15) is 5.69 Å². The second-order valence-corrected chi connectivity index (χ2v) is 2.95. The minimum atomic E-state index is 0.0469. The first kappa shape index (κ1) is 7.16. The number of nitrogens with zero attached hydrogens (tertiary/aromatic N) is 2. The van der Waals surface area contributed by atoms with Crippen molar-refractivity contribution in [3.05, 3.63) is 40.6 Å². The van der Waals surface area contributed by atoms with Crippen molar-refractivity contribution in [2.45, 2.75) is 6.92 Å². The zero-order chi connectivity index (χ0) is 8.72. The highest BCUT2D eigenvalue weighted by molar-refractivity contribution is 5.46. The monoisotopic (exact) mass is 162 g/mol. The van der Waals surface area contributed by atoms with Gasteiger partial charge in [-0.05, 0) is 19.1 Å². The van der Waals surface area contributed by atoms with E-state index in [0.717, 1.165) is 11.2 Å². The van der Waals surface area contributed by atoms with Gasteiger partial charge in [0.15, 0.2) is 0 Å². The first-order chi connectivity index (χ1) is 5.70. The van der Waals surface area contributed by atoms with Crippen LogP contribution >= 0.6 is 0 Å². The van der Waals surface area contributed by atoms with Crippen LogP contribution in [0.5, 0.6) is 0 Å². The summed E-state index contributed by atoms with van der Waals surface area (Å²) in [4.78, 5) is 11.5. The van der Waals surface area contributed by atoms with E-state index in [9.17, 15) is 4.79 Å². The molecule has 0 spiro atoms. The van der Waals surface area contributed by atoms with Crippen molar-refractivity contribution in [3.63, 3.8) is 0 Å². The molecule has 2 heterocycles. The van der Waals surface area contributed by atoms with Crippen LogP contribution in [0.15, 0.2) is 29.3 Å². The third-order valence-corrected chi connectivity index (χ3v) is 2.05. The van der Waals surface area contributed by atoms with E-state index in [1.54, 1.807) is 11.6 Å². The Morgan fingerprint density at radius 1 is 1.42 bits per heavy atom. The second-order valence-electron chi connectivity index (χ2n) is 2.95. The normalized spacial score (nSPS) is 10.8. The van der Waals surface area contributed by atoms with Crippen molar-refractivity contribution in [2.24, 2.45) is 7.05 Å². The Morgan fingerprint density at radius 3 is 2.92 bits per heavy atom. The molecule has 3 heteroatoms. The van der Waals surface area contributed by atoms with Crippen LogP contribution in [-0.2, 0) is 7.05 Å². The minimum Gasteiger partial charge on any atom is -0.315 e. The fourth-order valence-corrected chi connectivity index (χ4v) is 1.44. The highest BCUT2D eigenvalue weighted by Gasteiger charge is 2.01. The molecular weight excluding hydrogens is 152 g/mol. The fourth-order valence-electron chi connectivity index (χ4n) is 1.44. The third-order valence-electron chi connectivity index (χ3n) is 2.05. The molecule has 0 fully saturated rings. The molecule has 0 bridgehead atoms. The average Bonchev–Trinajstić information content (AvgIpc) is 2.48. The van der Waals surface area contributed by atoms with Gasteiger partial charge in [0, 0.05) is 25.1 Å². The minimum absolute atomic E-state index is 0.0469. The molecule has 2 aromatic rings. The van der Waals surface area contributed by atoms with Crippen LogP contribution in [0.3, 0.4) is 0 Å². The van der Waals surface area contributed by atoms with Gasteiger partial charge in [-0.25, -0.2) is 0 Å². The highest BCUT2D eigenvalue weighted by Crippen LogP contribution is 2.01. The Hall–Kier alpha value is -1.51. The average molecular weight is 162 g/mol. The van der Waals surface area contributed by atoms with Gasteiger partial charge in [0.1, 0.15) is 5.52 Å². The van der Waals surface area contributed by atoms with Gasteiger partial charge in [-0.1, -0.05) is 0 Å². The molecule has 0 amide bonds. The Morgan fingerprint density at radius 2 is 2.17 bits per heavy atom. The van der Waals surface area contributed by atoms with E-state index in [0.29, 0.717) is 0 Å². The topological polar surface area (TPSA) is 26.4 Å². The first-order valence-corrected chi connectivity index (χ1v) is 3.83. The Bertz CT molecular complexity index is 479. The lowest BCUT2D eigenvalue weighted by Crippen LogP contribution is -2.18. The van der Waals surface area contributed by atoms with E-state index in [4.69, 9.17) is 0 Å². The molecule has 0 aliphatic rings. The van der Waals surface area contributed by atoms with Crippen LogP contribution in [0.4, 0.5) is 0 Å². The molecule has 12 heavy (non-hydrogen) atoms. The third kappa shape index (κ3) is 0.794. The van der Waals surface area contributed by atoms with Crippen molar-refractivity contribution < 1.29 is 0 Å². The van der Waals surface area contributed by atoms with E-state index in [1.165, 1.54) is 0 Å². The molecule has 2 aromatic heterocycles. The standard InChI is InChI=1S/C9H10N2O/c1-7-6-10(2)9(12)8-4-3-5-11(7)8/h3-6H,1-2H3. The Kier molecular flexibility index (Phi) is 1.33. The molecule has 0 saturated heterocycles. The van der Waals surface area contributed by atoms with Crippen LogP contribution in [0, 0.1) is 6.92 Å². The molecule has 0 radical (unpaired) electrons. The van der Waals surface area contributed by atoms with Gasteiger partial charge in [-0.2, -0.15) is 0 Å². The van der Waals surface area contributed by atoms with Crippen molar-refractivity contribution in [1.29, 1.82) is 0 Å². The van der Waals surface area contributed by atoms with Crippen LogP contribution < -0.4 is 5.56 Å².